The van der Waals surface area contributed by atoms with Crippen molar-refractivity contribution in [3.63, 3.8) is 0 Å². The van der Waals surface area contributed by atoms with Crippen molar-refractivity contribution in [3.8, 4) is 0 Å². The zero-order valence-corrected chi connectivity index (χ0v) is 10.2. The molecule has 1 saturated carbocycles. The van der Waals surface area contributed by atoms with Crippen molar-refractivity contribution in [1.29, 1.82) is 0 Å². The lowest BCUT2D eigenvalue weighted by Gasteiger charge is -2.27. The number of carbonyl (C=O) groups is 2. The third-order valence-electron chi connectivity index (χ3n) is 2.67. The van der Waals surface area contributed by atoms with Crippen molar-refractivity contribution >= 4 is 11.8 Å². The molecule has 1 rings (SSSR count). The summed E-state index contributed by atoms with van der Waals surface area (Å²) in [6.07, 6.45) is 4.85. The fourth-order valence-corrected chi connectivity index (χ4v) is 1.66. The molecule has 0 heterocycles. The van der Waals surface area contributed by atoms with Gasteiger partial charge >= 0.3 is 5.97 Å². The Morgan fingerprint density at radius 2 is 2.00 bits per heavy atom. The van der Waals surface area contributed by atoms with Crippen LogP contribution < -0.4 is 0 Å². The molecule has 0 aliphatic heterocycles. The molecule has 1 fully saturated rings. The van der Waals surface area contributed by atoms with Crippen LogP contribution in [-0.4, -0.2) is 37.4 Å². The van der Waals surface area contributed by atoms with Crippen LogP contribution in [0.25, 0.3) is 0 Å². The van der Waals surface area contributed by atoms with E-state index < -0.39 is 11.8 Å². The normalized spacial score (nSPS) is 16.6. The Balaban J connectivity index is 2.76. The number of carbonyl (C=O) groups excluding carboxylic acids is 2. The molecule has 0 unspecified atom stereocenters. The zero-order chi connectivity index (χ0) is 12.1. The fourth-order valence-electron chi connectivity index (χ4n) is 1.66. The molecular weight excluding hydrogens is 206 g/mol. The van der Waals surface area contributed by atoms with E-state index in [2.05, 4.69) is 0 Å². The molecule has 0 amide bonds. The molecule has 16 heavy (non-hydrogen) atoms. The minimum absolute atomic E-state index is 0.235. The number of hydrogen-bond acceptors (Lipinski definition) is 4. The summed E-state index contributed by atoms with van der Waals surface area (Å²) in [5.74, 6) is -0.984. The van der Waals surface area contributed by atoms with Gasteiger partial charge in [0.15, 0.2) is 0 Å². The molecule has 4 heteroatoms. The number of ketones is 1. The van der Waals surface area contributed by atoms with Crippen LogP contribution in [0.4, 0.5) is 0 Å². The smallest absolute Gasteiger partial charge is 0.379 e. The van der Waals surface area contributed by atoms with Crippen molar-refractivity contribution in [1.82, 2.24) is 4.90 Å². The van der Waals surface area contributed by atoms with Crippen LogP contribution in [0.3, 0.4) is 0 Å². The van der Waals surface area contributed by atoms with Gasteiger partial charge in [0.25, 0.3) is 5.78 Å². The van der Waals surface area contributed by atoms with Crippen molar-refractivity contribution < 1.29 is 14.3 Å². The quantitative estimate of drug-likeness (QED) is 0.403. The van der Waals surface area contributed by atoms with Crippen LogP contribution >= 0.6 is 0 Å². The minimum Gasteiger partial charge on any atom is -0.460 e. The van der Waals surface area contributed by atoms with Gasteiger partial charge in [-0.15, -0.1) is 0 Å². The molecule has 0 aromatic heterocycles. The summed E-state index contributed by atoms with van der Waals surface area (Å²) >= 11 is 0. The molecule has 0 N–H and O–H groups in total. The lowest BCUT2D eigenvalue weighted by molar-refractivity contribution is -0.152. The van der Waals surface area contributed by atoms with E-state index in [1.54, 1.807) is 18.0 Å². The summed E-state index contributed by atoms with van der Waals surface area (Å²) in [6, 6.07) is 0. The molecule has 0 spiro atoms. The van der Waals surface area contributed by atoms with Gasteiger partial charge in [-0.1, -0.05) is 6.42 Å². The summed E-state index contributed by atoms with van der Waals surface area (Å²) in [4.78, 5) is 25.0. The van der Waals surface area contributed by atoms with Gasteiger partial charge in [-0.25, -0.2) is 4.79 Å². The second-order valence-corrected chi connectivity index (χ2v) is 4.23. The Labute approximate surface area is 96.3 Å². The first-order chi connectivity index (χ1) is 7.56. The second kappa shape index (κ2) is 5.68. The lowest BCUT2D eigenvalue weighted by atomic mass is 9.78. The Kier molecular flexibility index (Phi) is 4.52. The highest BCUT2D eigenvalue weighted by Crippen LogP contribution is 2.33. The topological polar surface area (TPSA) is 46.6 Å². The summed E-state index contributed by atoms with van der Waals surface area (Å²) < 4.78 is 4.74. The average Bonchev–Trinajstić information content (AvgIpc) is 2.12. The van der Waals surface area contributed by atoms with Gasteiger partial charge in [-0.2, -0.15) is 0 Å². The molecule has 1 aliphatic carbocycles. The van der Waals surface area contributed by atoms with Crippen LogP contribution in [0.2, 0.25) is 0 Å². The molecular formula is C12H19NO3. The van der Waals surface area contributed by atoms with Crippen molar-refractivity contribution in [2.24, 2.45) is 5.92 Å². The summed E-state index contributed by atoms with van der Waals surface area (Å²) in [7, 11) is 3.69. The average molecular weight is 225 g/mol. The lowest BCUT2D eigenvalue weighted by Crippen LogP contribution is -2.28. The number of Topliss-reactive ketones (excluding diaryl/α,β-unsaturated/α-hetero) is 1. The number of rotatable bonds is 5. The summed E-state index contributed by atoms with van der Waals surface area (Å²) in [5, 5.41) is 0. The highest BCUT2D eigenvalue weighted by Gasteiger charge is 2.31. The monoisotopic (exact) mass is 225 g/mol. The number of hydrogen-bond donors (Lipinski definition) is 0. The van der Waals surface area contributed by atoms with Crippen molar-refractivity contribution in [3.05, 3.63) is 11.8 Å². The van der Waals surface area contributed by atoms with E-state index >= 15 is 0 Å². The van der Waals surface area contributed by atoms with E-state index in [0.717, 1.165) is 19.3 Å². The highest BCUT2D eigenvalue weighted by atomic mass is 16.5. The van der Waals surface area contributed by atoms with Crippen LogP contribution in [0.15, 0.2) is 11.8 Å². The van der Waals surface area contributed by atoms with E-state index in [0.29, 0.717) is 5.57 Å². The highest BCUT2D eigenvalue weighted by molar-refractivity contribution is 6.40. The van der Waals surface area contributed by atoms with E-state index in [1.807, 2.05) is 14.1 Å². The van der Waals surface area contributed by atoms with Gasteiger partial charge in [0, 0.05) is 25.9 Å². The van der Waals surface area contributed by atoms with Crippen LogP contribution in [0, 0.1) is 5.92 Å². The molecule has 90 valence electrons. The Morgan fingerprint density at radius 1 is 1.38 bits per heavy atom. The molecule has 0 aromatic rings. The van der Waals surface area contributed by atoms with E-state index in [4.69, 9.17) is 4.74 Å². The maximum absolute atomic E-state index is 11.8. The third kappa shape index (κ3) is 3.08. The van der Waals surface area contributed by atoms with Gasteiger partial charge in [0.05, 0.1) is 6.61 Å². The van der Waals surface area contributed by atoms with E-state index in [9.17, 15) is 9.59 Å². The summed E-state index contributed by atoms with van der Waals surface area (Å²) in [6.45, 7) is 1.94. The standard InChI is InChI=1S/C12H19NO3/c1-4-16-12(15)11(14)10(8-13(2)3)9-6-5-7-9/h8-9H,4-7H2,1-3H3. The minimum atomic E-state index is -0.734. The van der Waals surface area contributed by atoms with Gasteiger partial charge in [-0.05, 0) is 25.7 Å². The van der Waals surface area contributed by atoms with Crippen molar-refractivity contribution in [2.45, 2.75) is 26.2 Å². The Bertz CT molecular complexity index is 303. The zero-order valence-electron chi connectivity index (χ0n) is 10.2. The predicted molar refractivity (Wildman–Crippen MR) is 60.8 cm³/mol. The van der Waals surface area contributed by atoms with E-state index in [1.165, 1.54) is 0 Å². The number of esters is 1. The second-order valence-electron chi connectivity index (χ2n) is 4.23. The van der Waals surface area contributed by atoms with Gasteiger partial charge in [0.2, 0.25) is 0 Å². The first-order valence-corrected chi connectivity index (χ1v) is 5.65. The molecule has 0 radical (unpaired) electrons. The number of ether oxygens (including phenoxy) is 1. The SMILES string of the molecule is CCOC(=O)C(=O)C(=CN(C)C)C1CCC1. The van der Waals surface area contributed by atoms with Gasteiger partial charge in [0.1, 0.15) is 0 Å². The maximum atomic E-state index is 11.8. The molecule has 0 saturated heterocycles. The Morgan fingerprint density at radius 3 is 2.38 bits per heavy atom. The largest absolute Gasteiger partial charge is 0.460 e. The van der Waals surface area contributed by atoms with Crippen molar-refractivity contribution in [2.75, 3.05) is 20.7 Å². The molecule has 0 bridgehead atoms. The molecule has 0 aromatic carbocycles. The first kappa shape index (κ1) is 12.7. The van der Waals surface area contributed by atoms with Gasteiger partial charge in [-0.3, -0.25) is 4.79 Å². The van der Waals surface area contributed by atoms with Gasteiger partial charge < -0.3 is 9.64 Å². The molecule has 1 aliphatic rings. The first-order valence-electron chi connectivity index (χ1n) is 5.65. The van der Waals surface area contributed by atoms with Crippen LogP contribution in [0.5, 0.6) is 0 Å². The maximum Gasteiger partial charge on any atom is 0.379 e. The predicted octanol–water partition coefficient (Wildman–Crippen LogP) is 1.36. The van der Waals surface area contributed by atoms with E-state index in [-0.39, 0.29) is 12.5 Å². The van der Waals surface area contributed by atoms with Crippen LogP contribution in [0.1, 0.15) is 26.2 Å². The Hall–Kier alpha value is -1.32. The fraction of sp³-hybridized carbons (Fsp3) is 0.667. The molecule has 4 nitrogen and oxygen atoms in total. The van der Waals surface area contributed by atoms with Crippen LogP contribution in [-0.2, 0) is 14.3 Å². The molecule has 0 atom stereocenters. The number of nitrogens with zero attached hydrogens (tertiary/aromatic N) is 1. The third-order valence-corrected chi connectivity index (χ3v) is 2.67. The summed E-state index contributed by atoms with van der Waals surface area (Å²) in [5.41, 5.74) is 0.592.